The predicted octanol–water partition coefficient (Wildman–Crippen LogP) is 4.85. The first-order valence-corrected chi connectivity index (χ1v) is 7.38. The molecule has 1 atom stereocenters. The average Bonchev–Trinajstić information content (AvgIpc) is 2.94. The minimum absolute atomic E-state index is 0.0789. The molecule has 1 N–H and O–H groups in total. The summed E-state index contributed by atoms with van der Waals surface area (Å²) in [6.07, 6.45) is 2.66. The van der Waals surface area contributed by atoms with E-state index in [1.165, 1.54) is 0 Å². The van der Waals surface area contributed by atoms with Gasteiger partial charge in [-0.25, -0.2) is 0 Å². The Hall–Kier alpha value is -2.35. The molecule has 21 heavy (non-hydrogen) atoms. The summed E-state index contributed by atoms with van der Waals surface area (Å²) < 4.78 is 0. The van der Waals surface area contributed by atoms with Crippen LogP contribution in [0.2, 0.25) is 0 Å². The largest absolute Gasteiger partial charge is 0.360 e. The Labute approximate surface area is 124 Å². The summed E-state index contributed by atoms with van der Waals surface area (Å²) in [6.45, 7) is 4.12. The van der Waals surface area contributed by atoms with Crippen LogP contribution >= 0.6 is 0 Å². The number of carbonyl (C=O) groups is 1. The van der Waals surface area contributed by atoms with Gasteiger partial charge in [-0.2, -0.15) is 0 Å². The molecule has 3 rings (SSSR count). The summed E-state index contributed by atoms with van der Waals surface area (Å²) in [5.74, 6) is 0.119. The summed E-state index contributed by atoms with van der Waals surface area (Å²) in [7, 11) is 0. The predicted molar refractivity (Wildman–Crippen MR) is 86.8 cm³/mol. The van der Waals surface area contributed by atoms with Gasteiger partial charge < -0.3 is 4.98 Å². The minimum Gasteiger partial charge on any atom is -0.360 e. The molecule has 0 spiro atoms. The van der Waals surface area contributed by atoms with Crippen LogP contribution in [0.1, 0.15) is 40.7 Å². The summed E-state index contributed by atoms with van der Waals surface area (Å²) in [5, 5.41) is 1.05. The quantitative estimate of drug-likeness (QED) is 0.679. The number of nitrogens with one attached hydrogen (secondary N) is 1. The number of H-pyrrole nitrogens is 1. The van der Waals surface area contributed by atoms with Crippen molar-refractivity contribution in [2.75, 3.05) is 0 Å². The normalized spacial score (nSPS) is 12.5. The third-order valence-electron chi connectivity index (χ3n) is 4.11. The van der Waals surface area contributed by atoms with Crippen molar-refractivity contribution >= 4 is 16.7 Å². The first kappa shape index (κ1) is 13.6. The van der Waals surface area contributed by atoms with Crippen LogP contribution in [-0.4, -0.2) is 10.8 Å². The number of hydrogen-bond acceptors (Lipinski definition) is 1. The number of benzene rings is 2. The molecule has 0 aliphatic rings. The molecule has 106 valence electrons. The van der Waals surface area contributed by atoms with Crippen molar-refractivity contribution in [1.29, 1.82) is 0 Å². The zero-order valence-corrected chi connectivity index (χ0v) is 12.4. The Morgan fingerprint density at radius 3 is 2.57 bits per heavy atom. The highest BCUT2D eigenvalue weighted by Crippen LogP contribution is 2.29. The molecule has 0 bridgehead atoms. The lowest BCUT2D eigenvalue weighted by molar-refractivity contribution is 0.0959. The van der Waals surface area contributed by atoms with E-state index in [0.29, 0.717) is 0 Å². The smallest absolute Gasteiger partial charge is 0.172 e. The third-order valence-corrected chi connectivity index (χ3v) is 4.11. The molecule has 1 aromatic heterocycles. The number of aromatic amines is 1. The number of aromatic nitrogens is 1. The van der Waals surface area contributed by atoms with E-state index in [2.05, 4.69) is 24.9 Å². The van der Waals surface area contributed by atoms with Crippen LogP contribution in [0, 0.1) is 6.92 Å². The van der Waals surface area contributed by atoms with Crippen LogP contribution in [0.3, 0.4) is 0 Å². The maximum Gasteiger partial charge on any atom is 0.172 e. The molecule has 2 nitrogen and oxygen atoms in total. The maximum atomic E-state index is 13.0. The Balaban J connectivity index is 2.07. The summed E-state index contributed by atoms with van der Waals surface area (Å²) in [6, 6.07) is 16.1. The number of carbonyl (C=O) groups excluding carboxylic acids is 1. The van der Waals surface area contributed by atoms with Gasteiger partial charge in [0.05, 0.1) is 0 Å². The number of rotatable bonds is 4. The monoisotopic (exact) mass is 277 g/mol. The fourth-order valence-electron chi connectivity index (χ4n) is 3.01. The van der Waals surface area contributed by atoms with Crippen molar-refractivity contribution in [2.24, 2.45) is 0 Å². The molecule has 0 radical (unpaired) electrons. The Morgan fingerprint density at radius 1 is 1.10 bits per heavy atom. The minimum atomic E-state index is -0.0789. The van der Waals surface area contributed by atoms with Gasteiger partial charge in [-0.05, 0) is 30.5 Å². The van der Waals surface area contributed by atoms with Gasteiger partial charge in [0, 0.05) is 28.6 Å². The molecular weight excluding hydrogens is 258 g/mol. The Kier molecular flexibility index (Phi) is 3.61. The van der Waals surface area contributed by atoms with Gasteiger partial charge in [-0.3, -0.25) is 4.79 Å². The van der Waals surface area contributed by atoms with Crippen LogP contribution in [0.5, 0.6) is 0 Å². The maximum absolute atomic E-state index is 13.0. The highest BCUT2D eigenvalue weighted by atomic mass is 16.1. The molecule has 0 saturated heterocycles. The van der Waals surface area contributed by atoms with E-state index in [-0.39, 0.29) is 11.7 Å². The van der Waals surface area contributed by atoms with E-state index >= 15 is 0 Å². The topological polar surface area (TPSA) is 32.9 Å². The number of aryl methyl sites for hydroxylation is 1. The molecule has 0 aliphatic heterocycles. The van der Waals surface area contributed by atoms with Crippen LogP contribution in [0.15, 0.2) is 54.7 Å². The number of hydrogen-bond donors (Lipinski definition) is 1. The molecule has 1 unspecified atom stereocenters. The van der Waals surface area contributed by atoms with Gasteiger partial charge in [0.2, 0.25) is 0 Å². The molecule has 3 aromatic rings. The average molecular weight is 277 g/mol. The summed E-state index contributed by atoms with van der Waals surface area (Å²) in [4.78, 5) is 16.2. The van der Waals surface area contributed by atoms with Crippen molar-refractivity contribution in [3.63, 3.8) is 0 Å². The van der Waals surface area contributed by atoms with Gasteiger partial charge >= 0.3 is 0 Å². The lowest BCUT2D eigenvalue weighted by atomic mass is 9.88. The molecule has 2 aromatic carbocycles. The zero-order chi connectivity index (χ0) is 14.8. The Bertz CT molecular complexity index is 771. The first-order valence-electron chi connectivity index (χ1n) is 7.38. The van der Waals surface area contributed by atoms with Crippen molar-refractivity contribution < 1.29 is 4.79 Å². The van der Waals surface area contributed by atoms with Crippen molar-refractivity contribution in [2.45, 2.75) is 26.2 Å². The van der Waals surface area contributed by atoms with Gasteiger partial charge in [-0.15, -0.1) is 0 Å². The third kappa shape index (κ3) is 2.38. The van der Waals surface area contributed by atoms with E-state index in [1.807, 2.05) is 48.7 Å². The number of ketones is 1. The fraction of sp³-hybridized carbons (Fsp3) is 0.211. The van der Waals surface area contributed by atoms with Crippen LogP contribution in [0.4, 0.5) is 0 Å². The van der Waals surface area contributed by atoms with Gasteiger partial charge in [0.1, 0.15) is 0 Å². The van der Waals surface area contributed by atoms with E-state index in [4.69, 9.17) is 0 Å². The zero-order valence-electron chi connectivity index (χ0n) is 12.4. The van der Waals surface area contributed by atoms with Gasteiger partial charge in [0.25, 0.3) is 0 Å². The second kappa shape index (κ2) is 5.57. The van der Waals surface area contributed by atoms with E-state index < -0.39 is 0 Å². The van der Waals surface area contributed by atoms with Gasteiger partial charge in [-0.1, -0.05) is 49.4 Å². The molecule has 0 aliphatic carbocycles. The second-order valence-corrected chi connectivity index (χ2v) is 5.44. The molecule has 1 heterocycles. The van der Waals surface area contributed by atoms with Crippen LogP contribution in [-0.2, 0) is 0 Å². The number of fused-ring (bicyclic) bond motifs is 1. The lowest BCUT2D eigenvalue weighted by Gasteiger charge is -2.14. The summed E-state index contributed by atoms with van der Waals surface area (Å²) in [5.41, 5.74) is 4.06. The Morgan fingerprint density at radius 2 is 1.86 bits per heavy atom. The van der Waals surface area contributed by atoms with Gasteiger partial charge in [0.15, 0.2) is 5.78 Å². The molecule has 0 fully saturated rings. The fourth-order valence-corrected chi connectivity index (χ4v) is 3.01. The highest BCUT2D eigenvalue weighted by Gasteiger charge is 2.23. The van der Waals surface area contributed by atoms with E-state index in [0.717, 1.165) is 34.0 Å². The molecule has 0 amide bonds. The van der Waals surface area contributed by atoms with Crippen LogP contribution in [0.25, 0.3) is 10.9 Å². The molecular formula is C19H19NO. The molecule has 2 heteroatoms. The number of Topliss-reactive ketones (excluding diaryl/α,β-unsaturated/α-hetero) is 1. The van der Waals surface area contributed by atoms with E-state index in [9.17, 15) is 4.79 Å². The second-order valence-electron chi connectivity index (χ2n) is 5.44. The van der Waals surface area contributed by atoms with Crippen molar-refractivity contribution in [3.05, 3.63) is 71.4 Å². The van der Waals surface area contributed by atoms with Crippen molar-refractivity contribution in [3.8, 4) is 0 Å². The first-order chi connectivity index (χ1) is 10.2. The van der Waals surface area contributed by atoms with Crippen LogP contribution < -0.4 is 0 Å². The molecule has 0 saturated carbocycles. The standard InChI is InChI=1S/C19H19NO/c1-3-15(14-9-5-4-6-10-14)19(21)16-12-20-17-11-7-8-13(2)18(16)17/h4-12,15,20H,3H2,1-2H3. The lowest BCUT2D eigenvalue weighted by Crippen LogP contribution is -2.12. The summed E-state index contributed by atoms with van der Waals surface area (Å²) >= 11 is 0. The SMILES string of the molecule is CCC(C(=O)c1c[nH]c2cccc(C)c12)c1ccccc1. The van der Waals surface area contributed by atoms with Crippen molar-refractivity contribution in [1.82, 2.24) is 4.98 Å². The highest BCUT2D eigenvalue weighted by molar-refractivity contribution is 6.11. The van der Waals surface area contributed by atoms with E-state index in [1.54, 1.807) is 0 Å².